The topological polar surface area (TPSA) is 139 Å². The zero-order chi connectivity index (χ0) is 26.6. The van der Waals surface area contributed by atoms with Crippen LogP contribution >= 0.6 is 0 Å². The summed E-state index contributed by atoms with van der Waals surface area (Å²) in [5.41, 5.74) is 6.15. The van der Waals surface area contributed by atoms with Crippen LogP contribution in [-0.4, -0.2) is 37.5 Å². The number of aryl methyl sites for hydroxylation is 2. The Morgan fingerprint density at radius 2 is 1.79 bits per heavy atom. The van der Waals surface area contributed by atoms with Crippen LogP contribution < -0.4 is 10.1 Å². The number of H-pyrrole nitrogens is 1. The second-order valence-electron chi connectivity index (χ2n) is 8.46. The van der Waals surface area contributed by atoms with Crippen molar-refractivity contribution in [1.82, 2.24) is 24.9 Å². The van der Waals surface area contributed by atoms with Gasteiger partial charge in [0.15, 0.2) is 5.65 Å². The van der Waals surface area contributed by atoms with Crippen LogP contribution in [-0.2, 0) is 4.74 Å². The molecule has 0 atom stereocenters. The molecule has 38 heavy (non-hydrogen) atoms. The molecule has 0 bridgehead atoms. The molecule has 0 spiro atoms. The van der Waals surface area contributed by atoms with Crippen LogP contribution in [0.5, 0.6) is 11.6 Å². The van der Waals surface area contributed by atoms with Gasteiger partial charge in [-0.3, -0.25) is 0 Å². The van der Waals surface area contributed by atoms with Gasteiger partial charge in [-0.05, 0) is 79.9 Å². The predicted molar refractivity (Wildman–Crippen MR) is 141 cm³/mol. The lowest BCUT2D eigenvalue weighted by atomic mass is 10.0. The van der Waals surface area contributed by atoms with E-state index in [1.165, 1.54) is 6.33 Å². The van der Waals surface area contributed by atoms with Gasteiger partial charge < -0.3 is 19.8 Å². The number of nitriles is 1. The number of ether oxygens (including phenoxy) is 2. The van der Waals surface area contributed by atoms with Gasteiger partial charge in [-0.25, -0.2) is 14.8 Å². The van der Waals surface area contributed by atoms with Crippen molar-refractivity contribution in [2.24, 2.45) is 0 Å². The molecule has 0 aliphatic heterocycles. The molecule has 5 aromatic rings. The smallest absolute Gasteiger partial charge is 0.356 e. The number of aromatic nitrogens is 5. The minimum Gasteiger partial charge on any atom is -0.461 e. The minimum absolute atomic E-state index is 0.266. The molecule has 2 N–H and O–H groups in total. The standard InChI is InChI=1S/C28H23N7O3/c1-4-37-27(36)22-10-7-19(14-30-22)20-11-16(2)24(17(3)12-20)38-26-23-25(32-15-31-23)34-28(35-26)33-21-8-5-18(13-29)6-9-21/h5-12,14-15H,4H2,1-3H3,(H2,31,32,33,34,35). The average molecular weight is 506 g/mol. The molecule has 0 amide bonds. The van der Waals surface area contributed by atoms with E-state index in [-0.39, 0.29) is 5.69 Å². The second-order valence-corrected chi connectivity index (χ2v) is 8.46. The number of carbonyl (C=O) groups excluding carboxylic acids is 1. The van der Waals surface area contributed by atoms with Gasteiger partial charge in [-0.1, -0.05) is 6.07 Å². The van der Waals surface area contributed by atoms with Gasteiger partial charge in [0.05, 0.1) is 24.6 Å². The Morgan fingerprint density at radius 1 is 1.03 bits per heavy atom. The van der Waals surface area contributed by atoms with Crippen LogP contribution in [0, 0.1) is 25.2 Å². The Kier molecular flexibility index (Phi) is 6.65. The summed E-state index contributed by atoms with van der Waals surface area (Å²) < 4.78 is 11.3. The highest BCUT2D eigenvalue weighted by molar-refractivity contribution is 5.87. The number of hydrogen-bond acceptors (Lipinski definition) is 9. The van der Waals surface area contributed by atoms with Crippen LogP contribution in [0.2, 0.25) is 0 Å². The van der Waals surface area contributed by atoms with Gasteiger partial charge >= 0.3 is 5.97 Å². The van der Waals surface area contributed by atoms with Crippen molar-refractivity contribution in [3.63, 3.8) is 0 Å². The van der Waals surface area contributed by atoms with Gasteiger partial charge in [-0.2, -0.15) is 15.2 Å². The van der Waals surface area contributed by atoms with Gasteiger partial charge in [0, 0.05) is 17.4 Å². The number of hydrogen-bond donors (Lipinski definition) is 2. The zero-order valence-corrected chi connectivity index (χ0v) is 20.9. The monoisotopic (exact) mass is 505 g/mol. The third-order valence-electron chi connectivity index (χ3n) is 5.76. The summed E-state index contributed by atoms with van der Waals surface area (Å²) in [6, 6.07) is 16.5. The zero-order valence-electron chi connectivity index (χ0n) is 20.9. The summed E-state index contributed by atoms with van der Waals surface area (Å²) in [4.78, 5) is 32.5. The van der Waals surface area contributed by atoms with Crippen LogP contribution in [0.3, 0.4) is 0 Å². The van der Waals surface area contributed by atoms with Crippen molar-refractivity contribution in [3.05, 3.63) is 83.4 Å². The summed E-state index contributed by atoms with van der Waals surface area (Å²) >= 11 is 0. The van der Waals surface area contributed by atoms with Crippen molar-refractivity contribution in [1.29, 1.82) is 5.26 Å². The van der Waals surface area contributed by atoms with Crippen molar-refractivity contribution in [2.75, 3.05) is 11.9 Å². The molecule has 10 heteroatoms. The Hall–Kier alpha value is -5.30. The van der Waals surface area contributed by atoms with Crippen molar-refractivity contribution in [2.45, 2.75) is 20.8 Å². The fraction of sp³-hybridized carbons (Fsp3) is 0.143. The van der Waals surface area contributed by atoms with Crippen LogP contribution in [0.1, 0.15) is 34.1 Å². The molecule has 0 saturated heterocycles. The third-order valence-corrected chi connectivity index (χ3v) is 5.76. The fourth-order valence-electron chi connectivity index (χ4n) is 3.96. The molecule has 5 rings (SSSR count). The van der Waals surface area contributed by atoms with E-state index in [2.05, 4.69) is 36.3 Å². The number of aromatic amines is 1. The Morgan fingerprint density at radius 3 is 2.45 bits per heavy atom. The number of pyridine rings is 1. The molecule has 0 saturated carbocycles. The second kappa shape index (κ2) is 10.4. The number of anilines is 2. The summed E-state index contributed by atoms with van der Waals surface area (Å²) in [5, 5.41) is 12.2. The first-order valence-electron chi connectivity index (χ1n) is 11.9. The summed E-state index contributed by atoms with van der Waals surface area (Å²) in [6.07, 6.45) is 3.19. The van der Waals surface area contributed by atoms with Crippen molar-refractivity contribution < 1.29 is 14.3 Å². The Bertz CT molecular complexity index is 1650. The third kappa shape index (κ3) is 4.99. The molecule has 3 heterocycles. The Balaban J connectivity index is 1.43. The number of nitrogens with zero attached hydrogens (tertiary/aromatic N) is 5. The number of fused-ring (bicyclic) bond motifs is 1. The normalized spacial score (nSPS) is 10.7. The highest BCUT2D eigenvalue weighted by Gasteiger charge is 2.16. The largest absolute Gasteiger partial charge is 0.461 e. The number of nitrogens with one attached hydrogen (secondary N) is 2. The van der Waals surface area contributed by atoms with E-state index in [1.807, 2.05) is 32.0 Å². The molecule has 188 valence electrons. The van der Waals surface area contributed by atoms with E-state index in [9.17, 15) is 4.79 Å². The number of imidazole rings is 1. The molecular formula is C28H23N7O3. The highest BCUT2D eigenvalue weighted by atomic mass is 16.5. The van der Waals surface area contributed by atoms with Crippen LogP contribution in [0.15, 0.2) is 61.1 Å². The molecule has 0 aliphatic carbocycles. The van der Waals surface area contributed by atoms with E-state index >= 15 is 0 Å². The number of rotatable bonds is 7. The molecular weight excluding hydrogens is 482 g/mol. The number of carbonyl (C=O) groups is 1. The molecule has 10 nitrogen and oxygen atoms in total. The average Bonchev–Trinajstić information content (AvgIpc) is 3.40. The fourth-order valence-corrected chi connectivity index (χ4v) is 3.96. The first kappa shape index (κ1) is 24.4. The number of benzene rings is 2. The van der Waals surface area contributed by atoms with Crippen molar-refractivity contribution in [3.8, 4) is 28.8 Å². The van der Waals surface area contributed by atoms with Gasteiger partial charge in [0.25, 0.3) is 5.88 Å². The molecule has 2 aromatic carbocycles. The van der Waals surface area contributed by atoms with Gasteiger partial charge in [0.2, 0.25) is 5.95 Å². The van der Waals surface area contributed by atoms with Gasteiger partial charge in [0.1, 0.15) is 17.0 Å². The lowest BCUT2D eigenvalue weighted by Gasteiger charge is -2.15. The quantitative estimate of drug-likeness (QED) is 0.270. The predicted octanol–water partition coefficient (Wildman–Crippen LogP) is 5.62. The summed E-state index contributed by atoms with van der Waals surface area (Å²) in [7, 11) is 0. The lowest BCUT2D eigenvalue weighted by molar-refractivity contribution is 0.0519. The van der Waals surface area contributed by atoms with E-state index < -0.39 is 5.97 Å². The van der Waals surface area contributed by atoms with Crippen LogP contribution in [0.25, 0.3) is 22.3 Å². The Labute approximate surface area is 218 Å². The molecule has 0 unspecified atom stereocenters. The van der Waals surface area contributed by atoms with E-state index in [1.54, 1.807) is 43.5 Å². The SMILES string of the molecule is CCOC(=O)c1ccc(-c2cc(C)c(Oc3nc(Nc4ccc(C#N)cc4)nc4nc[nH]c34)c(C)c2)cn1. The first-order chi connectivity index (χ1) is 18.4. The molecule has 0 aliphatic rings. The first-order valence-corrected chi connectivity index (χ1v) is 11.9. The van der Waals surface area contributed by atoms with Gasteiger partial charge in [-0.15, -0.1) is 0 Å². The maximum Gasteiger partial charge on any atom is 0.356 e. The minimum atomic E-state index is -0.446. The summed E-state index contributed by atoms with van der Waals surface area (Å²) in [5.74, 6) is 0.842. The maximum absolute atomic E-state index is 11.9. The van der Waals surface area contributed by atoms with E-state index in [0.29, 0.717) is 40.9 Å². The molecule has 0 radical (unpaired) electrons. The maximum atomic E-state index is 11.9. The van der Waals surface area contributed by atoms with E-state index in [0.717, 1.165) is 27.9 Å². The molecule has 3 aromatic heterocycles. The lowest BCUT2D eigenvalue weighted by Crippen LogP contribution is -2.06. The number of esters is 1. The van der Waals surface area contributed by atoms with E-state index in [4.69, 9.17) is 14.7 Å². The van der Waals surface area contributed by atoms with Crippen LogP contribution in [0.4, 0.5) is 11.6 Å². The van der Waals surface area contributed by atoms with Crippen molar-refractivity contribution >= 4 is 28.8 Å². The summed E-state index contributed by atoms with van der Waals surface area (Å²) in [6.45, 7) is 5.96. The molecule has 0 fully saturated rings. The highest BCUT2D eigenvalue weighted by Crippen LogP contribution is 2.35.